The maximum absolute atomic E-state index is 11.6. The van der Waals surface area contributed by atoms with Crippen LogP contribution < -0.4 is 0 Å². The van der Waals surface area contributed by atoms with E-state index in [2.05, 4.69) is 19.6 Å². The first-order valence-corrected chi connectivity index (χ1v) is 9.33. The maximum Gasteiger partial charge on any atom is 0.195 e. The lowest BCUT2D eigenvalue weighted by Crippen LogP contribution is -2.59. The van der Waals surface area contributed by atoms with E-state index in [0.29, 0.717) is 6.61 Å². The van der Waals surface area contributed by atoms with E-state index in [0.717, 1.165) is 18.4 Å². The van der Waals surface area contributed by atoms with Crippen LogP contribution in [0.25, 0.3) is 0 Å². The molecule has 2 aliphatic rings. The lowest BCUT2D eigenvalue weighted by atomic mass is 9.73. The molecule has 0 amide bonds. The molecule has 0 saturated carbocycles. The van der Waals surface area contributed by atoms with Crippen LogP contribution in [-0.4, -0.2) is 26.5 Å². The Labute approximate surface area is 97.9 Å². The van der Waals surface area contributed by atoms with Crippen molar-refractivity contribution in [3.05, 3.63) is 11.6 Å². The van der Waals surface area contributed by atoms with Gasteiger partial charge in [-0.3, -0.25) is 4.79 Å². The SMILES string of the molecule is CC(=O)C1=C[C@@H]2CCCO[C@]12O[Si](C)(C)C. The minimum absolute atomic E-state index is 0.0800. The molecule has 0 radical (unpaired) electrons. The third-order valence-corrected chi connectivity index (χ3v) is 3.96. The number of fused-ring (bicyclic) bond motifs is 1. The van der Waals surface area contributed by atoms with Gasteiger partial charge >= 0.3 is 0 Å². The molecule has 0 bridgehead atoms. The van der Waals surface area contributed by atoms with Crippen molar-refractivity contribution in [2.45, 2.75) is 45.2 Å². The number of ketones is 1. The summed E-state index contributed by atoms with van der Waals surface area (Å²) in [7, 11) is -1.71. The van der Waals surface area contributed by atoms with Crippen LogP contribution in [0.3, 0.4) is 0 Å². The molecule has 16 heavy (non-hydrogen) atoms. The van der Waals surface area contributed by atoms with E-state index in [1.165, 1.54) is 0 Å². The van der Waals surface area contributed by atoms with E-state index < -0.39 is 14.1 Å². The molecule has 1 fully saturated rings. The van der Waals surface area contributed by atoms with Gasteiger partial charge in [0.05, 0.1) is 6.61 Å². The first kappa shape index (κ1) is 12.0. The van der Waals surface area contributed by atoms with Gasteiger partial charge < -0.3 is 9.16 Å². The molecule has 0 spiro atoms. The van der Waals surface area contributed by atoms with E-state index in [-0.39, 0.29) is 11.7 Å². The fourth-order valence-electron chi connectivity index (χ4n) is 2.49. The summed E-state index contributed by atoms with van der Waals surface area (Å²) in [5.41, 5.74) is 0.736. The minimum atomic E-state index is -1.71. The summed E-state index contributed by atoms with van der Waals surface area (Å²) >= 11 is 0. The number of Topliss-reactive ketones (excluding diaryl/α,β-unsaturated/α-hetero) is 1. The lowest BCUT2D eigenvalue weighted by Gasteiger charge is -2.52. The van der Waals surface area contributed by atoms with Crippen molar-refractivity contribution in [1.29, 1.82) is 0 Å². The van der Waals surface area contributed by atoms with E-state index in [1.807, 2.05) is 6.08 Å². The van der Waals surface area contributed by atoms with Crippen LogP contribution in [0.15, 0.2) is 11.6 Å². The summed E-state index contributed by atoms with van der Waals surface area (Å²) in [6.45, 7) is 8.69. The van der Waals surface area contributed by atoms with Crippen LogP contribution in [0.5, 0.6) is 0 Å². The molecule has 0 N–H and O–H groups in total. The highest BCUT2D eigenvalue weighted by Gasteiger charge is 2.55. The third kappa shape index (κ3) is 1.89. The van der Waals surface area contributed by atoms with Crippen molar-refractivity contribution in [3.8, 4) is 0 Å². The molecule has 4 heteroatoms. The minimum Gasteiger partial charge on any atom is -0.387 e. The van der Waals surface area contributed by atoms with Crippen LogP contribution in [0.4, 0.5) is 0 Å². The van der Waals surface area contributed by atoms with Crippen molar-refractivity contribution in [1.82, 2.24) is 0 Å². The normalized spacial score (nSPS) is 33.8. The maximum atomic E-state index is 11.6. The van der Waals surface area contributed by atoms with Gasteiger partial charge in [0.1, 0.15) is 0 Å². The summed E-state index contributed by atoms with van der Waals surface area (Å²) in [4.78, 5) is 11.6. The Morgan fingerprint density at radius 1 is 1.56 bits per heavy atom. The zero-order valence-electron chi connectivity index (χ0n) is 10.5. The predicted molar refractivity (Wildman–Crippen MR) is 64.6 cm³/mol. The zero-order chi connectivity index (χ0) is 12.0. The third-order valence-electron chi connectivity index (χ3n) is 3.04. The first-order valence-electron chi connectivity index (χ1n) is 5.92. The van der Waals surface area contributed by atoms with E-state index in [4.69, 9.17) is 9.16 Å². The fraction of sp³-hybridized carbons (Fsp3) is 0.750. The lowest BCUT2D eigenvalue weighted by molar-refractivity contribution is -0.223. The average molecular weight is 240 g/mol. The second-order valence-electron chi connectivity index (χ2n) is 5.62. The topological polar surface area (TPSA) is 35.5 Å². The van der Waals surface area contributed by atoms with Gasteiger partial charge in [0, 0.05) is 11.5 Å². The highest BCUT2D eigenvalue weighted by molar-refractivity contribution is 6.69. The number of hydrogen-bond donors (Lipinski definition) is 0. The van der Waals surface area contributed by atoms with Crippen LogP contribution >= 0.6 is 0 Å². The largest absolute Gasteiger partial charge is 0.387 e. The molecule has 0 aromatic rings. The smallest absolute Gasteiger partial charge is 0.195 e. The van der Waals surface area contributed by atoms with Crippen molar-refractivity contribution in [2.24, 2.45) is 5.92 Å². The molecule has 3 nitrogen and oxygen atoms in total. The van der Waals surface area contributed by atoms with Crippen molar-refractivity contribution in [3.63, 3.8) is 0 Å². The molecule has 1 aliphatic heterocycles. The average Bonchev–Trinajstić information content (AvgIpc) is 2.08. The molecular formula is C12H20O3Si. The Balaban J connectivity index is 2.27. The summed E-state index contributed by atoms with van der Waals surface area (Å²) in [5.74, 6) is -0.322. The Kier molecular flexibility index (Phi) is 2.84. The van der Waals surface area contributed by atoms with Gasteiger partial charge in [0.25, 0.3) is 0 Å². The van der Waals surface area contributed by atoms with Crippen molar-refractivity contribution < 1.29 is 14.0 Å². The second kappa shape index (κ2) is 3.79. The highest BCUT2D eigenvalue weighted by Crippen LogP contribution is 2.49. The van der Waals surface area contributed by atoms with Gasteiger partial charge in [-0.1, -0.05) is 6.08 Å². The van der Waals surface area contributed by atoms with Gasteiger partial charge in [-0.2, -0.15) is 0 Å². The molecule has 1 saturated heterocycles. The van der Waals surface area contributed by atoms with E-state index >= 15 is 0 Å². The van der Waals surface area contributed by atoms with Crippen molar-refractivity contribution >= 4 is 14.1 Å². The first-order chi connectivity index (χ1) is 7.35. The molecule has 90 valence electrons. The molecule has 2 rings (SSSR count). The second-order valence-corrected chi connectivity index (χ2v) is 10.0. The molecular weight excluding hydrogens is 220 g/mol. The molecule has 0 aromatic carbocycles. The number of rotatable bonds is 3. The predicted octanol–water partition coefficient (Wildman–Crippen LogP) is 2.49. The summed E-state index contributed by atoms with van der Waals surface area (Å²) in [6, 6.07) is 0. The zero-order valence-corrected chi connectivity index (χ0v) is 11.5. The molecule has 0 aromatic heterocycles. The Hall–Kier alpha value is -0.453. The summed E-state index contributed by atoms with van der Waals surface area (Å²) in [5, 5.41) is 0. The Morgan fingerprint density at radius 3 is 2.75 bits per heavy atom. The quantitative estimate of drug-likeness (QED) is 0.711. The highest BCUT2D eigenvalue weighted by atomic mass is 28.4. The van der Waals surface area contributed by atoms with Gasteiger partial charge in [-0.05, 0) is 39.4 Å². The molecule has 0 unspecified atom stereocenters. The number of carbonyl (C=O) groups is 1. The van der Waals surface area contributed by atoms with Gasteiger partial charge in [-0.15, -0.1) is 0 Å². The Bertz CT molecular complexity index is 343. The van der Waals surface area contributed by atoms with Crippen molar-refractivity contribution in [2.75, 3.05) is 6.61 Å². The van der Waals surface area contributed by atoms with Gasteiger partial charge in [0.2, 0.25) is 0 Å². The molecule has 2 atom stereocenters. The van der Waals surface area contributed by atoms with Crippen LogP contribution in [0.1, 0.15) is 19.8 Å². The van der Waals surface area contributed by atoms with E-state index in [1.54, 1.807) is 6.92 Å². The number of carbonyl (C=O) groups excluding carboxylic acids is 1. The summed E-state index contributed by atoms with van der Waals surface area (Å²) < 4.78 is 12.0. The fourth-order valence-corrected chi connectivity index (χ4v) is 3.72. The Morgan fingerprint density at radius 2 is 2.25 bits per heavy atom. The number of ether oxygens (including phenoxy) is 1. The monoisotopic (exact) mass is 240 g/mol. The van der Waals surface area contributed by atoms with Crippen LogP contribution in [-0.2, 0) is 14.0 Å². The number of hydrogen-bond acceptors (Lipinski definition) is 3. The van der Waals surface area contributed by atoms with Gasteiger partial charge in [0.15, 0.2) is 19.9 Å². The van der Waals surface area contributed by atoms with Crippen LogP contribution in [0, 0.1) is 5.92 Å². The molecule has 1 heterocycles. The molecule has 1 aliphatic carbocycles. The van der Waals surface area contributed by atoms with E-state index in [9.17, 15) is 4.79 Å². The standard InChI is InChI=1S/C12H20O3Si/c1-9(13)11-8-10-6-5-7-14-12(10,11)15-16(2,3)4/h8,10H,5-7H2,1-4H3/t10-,12+/m0/s1. The summed E-state index contributed by atoms with van der Waals surface area (Å²) in [6.07, 6.45) is 4.16. The van der Waals surface area contributed by atoms with Crippen LogP contribution in [0.2, 0.25) is 19.6 Å². The van der Waals surface area contributed by atoms with Gasteiger partial charge in [-0.25, -0.2) is 0 Å².